The fraction of sp³-hybridized carbons (Fsp3) is 0.238. The van der Waals surface area contributed by atoms with Gasteiger partial charge in [0.15, 0.2) is 0 Å². The zero-order chi connectivity index (χ0) is 18.9. The van der Waals surface area contributed by atoms with Crippen LogP contribution in [0, 0.1) is 0 Å². The molecule has 0 amide bonds. The number of hydrazine groups is 1. The Morgan fingerprint density at radius 1 is 0.963 bits per heavy atom. The summed E-state index contributed by atoms with van der Waals surface area (Å²) in [6, 6.07) is 19.9. The van der Waals surface area contributed by atoms with Gasteiger partial charge in [-0.15, -0.1) is 0 Å². The molecule has 0 radical (unpaired) electrons. The van der Waals surface area contributed by atoms with Crippen molar-refractivity contribution >= 4 is 11.6 Å². The molecule has 6 nitrogen and oxygen atoms in total. The van der Waals surface area contributed by atoms with Gasteiger partial charge < -0.3 is 15.8 Å². The summed E-state index contributed by atoms with van der Waals surface area (Å²) in [4.78, 5) is 8.83. The molecule has 27 heavy (non-hydrogen) atoms. The summed E-state index contributed by atoms with van der Waals surface area (Å²) in [6.07, 6.45) is 3.77. The summed E-state index contributed by atoms with van der Waals surface area (Å²) in [5.74, 6) is 6.08. The Kier molecular flexibility index (Phi) is 6.73. The van der Waals surface area contributed by atoms with Gasteiger partial charge in [-0.3, -0.25) is 5.84 Å². The molecule has 0 aliphatic rings. The zero-order valence-corrected chi connectivity index (χ0v) is 15.2. The summed E-state index contributed by atoms with van der Waals surface area (Å²) in [5.41, 5.74) is 6.40. The molecule has 0 saturated carbocycles. The quantitative estimate of drug-likeness (QED) is 0.345. The van der Waals surface area contributed by atoms with Crippen LogP contribution in [0.15, 0.2) is 66.9 Å². The van der Waals surface area contributed by atoms with Crippen LogP contribution in [-0.4, -0.2) is 21.6 Å². The molecule has 5 N–H and O–H groups in total. The van der Waals surface area contributed by atoms with Crippen molar-refractivity contribution in [1.82, 2.24) is 9.97 Å². The van der Waals surface area contributed by atoms with Crippen LogP contribution >= 0.6 is 0 Å². The molecular weight excluding hydrogens is 338 g/mol. The van der Waals surface area contributed by atoms with Crippen LogP contribution < -0.4 is 16.6 Å². The van der Waals surface area contributed by atoms with Gasteiger partial charge in [0.25, 0.3) is 0 Å². The number of hydrogen-bond acceptors (Lipinski definition) is 6. The van der Waals surface area contributed by atoms with E-state index in [4.69, 9.17) is 5.84 Å². The Labute approximate surface area is 159 Å². The summed E-state index contributed by atoms with van der Waals surface area (Å²) in [7, 11) is 0. The highest BCUT2D eigenvalue weighted by atomic mass is 16.3. The van der Waals surface area contributed by atoms with E-state index in [0.29, 0.717) is 12.5 Å². The average molecular weight is 363 g/mol. The number of nitrogen functional groups attached to an aromatic ring is 1. The third-order valence-corrected chi connectivity index (χ3v) is 4.38. The number of nitrogens with zero attached hydrogens (tertiary/aromatic N) is 2. The SMILES string of the molecule is NNc1cnc(NCC(O)c2ccccc2)nc1CCCc1ccccc1. The first-order valence-electron chi connectivity index (χ1n) is 9.09. The van der Waals surface area contributed by atoms with Crippen molar-refractivity contribution < 1.29 is 5.11 Å². The molecule has 6 heteroatoms. The molecule has 2 aromatic carbocycles. The Morgan fingerprint density at radius 3 is 2.37 bits per heavy atom. The summed E-state index contributed by atoms with van der Waals surface area (Å²) < 4.78 is 0. The molecule has 1 atom stereocenters. The number of nitrogens with one attached hydrogen (secondary N) is 2. The molecule has 3 aromatic rings. The van der Waals surface area contributed by atoms with E-state index < -0.39 is 6.10 Å². The topological polar surface area (TPSA) is 96.1 Å². The number of benzene rings is 2. The number of anilines is 2. The van der Waals surface area contributed by atoms with Gasteiger partial charge >= 0.3 is 0 Å². The normalized spacial score (nSPS) is 11.8. The van der Waals surface area contributed by atoms with Crippen molar-refractivity contribution in [1.29, 1.82) is 0 Å². The summed E-state index contributed by atoms with van der Waals surface area (Å²) in [6.45, 7) is 0.336. The fourth-order valence-corrected chi connectivity index (χ4v) is 2.90. The average Bonchev–Trinajstić information content (AvgIpc) is 2.73. The molecule has 1 aromatic heterocycles. The largest absolute Gasteiger partial charge is 0.387 e. The monoisotopic (exact) mass is 363 g/mol. The molecule has 0 fully saturated rings. The lowest BCUT2D eigenvalue weighted by atomic mass is 10.1. The molecule has 1 heterocycles. The van der Waals surface area contributed by atoms with Gasteiger partial charge in [0.05, 0.1) is 23.7 Å². The van der Waals surface area contributed by atoms with Crippen molar-refractivity contribution in [2.45, 2.75) is 25.4 Å². The molecule has 0 saturated heterocycles. The maximum absolute atomic E-state index is 10.3. The van der Waals surface area contributed by atoms with E-state index in [1.807, 2.05) is 48.5 Å². The van der Waals surface area contributed by atoms with Gasteiger partial charge in [0.1, 0.15) is 0 Å². The Hall–Kier alpha value is -2.96. The van der Waals surface area contributed by atoms with Crippen LogP contribution in [0.4, 0.5) is 11.6 Å². The minimum Gasteiger partial charge on any atom is -0.387 e. The first kappa shape index (κ1) is 18.8. The van der Waals surface area contributed by atoms with Crippen molar-refractivity contribution in [3.63, 3.8) is 0 Å². The smallest absolute Gasteiger partial charge is 0.223 e. The van der Waals surface area contributed by atoms with Crippen molar-refractivity contribution in [3.05, 3.63) is 83.7 Å². The second-order valence-electron chi connectivity index (χ2n) is 6.34. The maximum Gasteiger partial charge on any atom is 0.223 e. The molecule has 140 valence electrons. The van der Waals surface area contributed by atoms with Crippen LogP contribution in [-0.2, 0) is 12.8 Å². The van der Waals surface area contributed by atoms with E-state index in [2.05, 4.69) is 32.8 Å². The van der Waals surface area contributed by atoms with Crippen LogP contribution in [0.3, 0.4) is 0 Å². The maximum atomic E-state index is 10.3. The van der Waals surface area contributed by atoms with E-state index in [9.17, 15) is 5.11 Å². The highest BCUT2D eigenvalue weighted by molar-refractivity contribution is 5.47. The number of nitrogens with two attached hydrogens (primary N) is 1. The molecule has 1 unspecified atom stereocenters. The summed E-state index contributed by atoms with van der Waals surface area (Å²) >= 11 is 0. The van der Waals surface area contributed by atoms with Crippen LogP contribution in [0.5, 0.6) is 0 Å². The Morgan fingerprint density at radius 2 is 1.67 bits per heavy atom. The first-order chi connectivity index (χ1) is 13.3. The van der Waals surface area contributed by atoms with E-state index in [0.717, 1.165) is 36.2 Å². The van der Waals surface area contributed by atoms with Gasteiger partial charge in [0, 0.05) is 6.54 Å². The number of rotatable bonds is 9. The lowest BCUT2D eigenvalue weighted by Gasteiger charge is -2.14. The molecule has 0 bridgehead atoms. The van der Waals surface area contributed by atoms with E-state index >= 15 is 0 Å². The lowest BCUT2D eigenvalue weighted by Crippen LogP contribution is -2.16. The van der Waals surface area contributed by atoms with Gasteiger partial charge in [-0.05, 0) is 30.4 Å². The lowest BCUT2D eigenvalue weighted by molar-refractivity contribution is 0.191. The molecule has 0 aliphatic heterocycles. The molecule has 3 rings (SSSR count). The van der Waals surface area contributed by atoms with Crippen molar-refractivity contribution in [3.8, 4) is 0 Å². The standard InChI is InChI=1S/C21H25N5O/c22-26-19-14-23-21(24-15-20(27)17-11-5-2-6-12-17)25-18(19)13-7-10-16-8-3-1-4-9-16/h1-6,8-9,11-12,14,20,26-27H,7,10,13,15,22H2,(H,23,24,25). The first-order valence-corrected chi connectivity index (χ1v) is 9.09. The highest BCUT2D eigenvalue weighted by Gasteiger charge is 2.10. The van der Waals surface area contributed by atoms with E-state index in [1.165, 1.54) is 5.56 Å². The zero-order valence-electron chi connectivity index (χ0n) is 15.2. The van der Waals surface area contributed by atoms with E-state index in [-0.39, 0.29) is 0 Å². The van der Waals surface area contributed by atoms with Crippen LogP contribution in [0.2, 0.25) is 0 Å². The van der Waals surface area contributed by atoms with Crippen LogP contribution in [0.1, 0.15) is 29.3 Å². The highest BCUT2D eigenvalue weighted by Crippen LogP contribution is 2.17. The number of aliphatic hydroxyl groups is 1. The summed E-state index contributed by atoms with van der Waals surface area (Å²) in [5, 5.41) is 13.4. The predicted octanol–water partition coefficient (Wildman–Crippen LogP) is 3.08. The van der Waals surface area contributed by atoms with Gasteiger partial charge in [-0.1, -0.05) is 60.7 Å². The van der Waals surface area contributed by atoms with Crippen LogP contribution in [0.25, 0.3) is 0 Å². The second-order valence-corrected chi connectivity index (χ2v) is 6.34. The molecule has 0 spiro atoms. The fourth-order valence-electron chi connectivity index (χ4n) is 2.90. The van der Waals surface area contributed by atoms with Gasteiger partial charge in [0.2, 0.25) is 5.95 Å². The van der Waals surface area contributed by atoms with Crippen molar-refractivity contribution in [2.24, 2.45) is 5.84 Å². The minimum absolute atomic E-state index is 0.336. The number of aliphatic hydroxyl groups excluding tert-OH is 1. The van der Waals surface area contributed by atoms with Gasteiger partial charge in [-0.2, -0.15) is 0 Å². The van der Waals surface area contributed by atoms with Gasteiger partial charge in [-0.25, -0.2) is 9.97 Å². The second kappa shape index (κ2) is 9.66. The Bertz CT molecular complexity index is 826. The van der Waals surface area contributed by atoms with Crippen molar-refractivity contribution in [2.75, 3.05) is 17.3 Å². The minimum atomic E-state index is -0.622. The number of aryl methyl sites for hydroxylation is 2. The molecule has 0 aliphatic carbocycles. The predicted molar refractivity (Wildman–Crippen MR) is 108 cm³/mol. The molecular formula is C21H25N5O. The number of aromatic nitrogens is 2. The number of hydrogen-bond donors (Lipinski definition) is 4. The Balaban J connectivity index is 1.59. The van der Waals surface area contributed by atoms with E-state index in [1.54, 1.807) is 6.20 Å². The third-order valence-electron chi connectivity index (χ3n) is 4.38. The third kappa shape index (κ3) is 5.51.